The molecule has 2 aromatic rings. The molecule has 0 saturated heterocycles. The van der Waals surface area contributed by atoms with E-state index in [2.05, 4.69) is 4.99 Å². The molecule has 0 amide bonds. The van der Waals surface area contributed by atoms with Crippen molar-refractivity contribution in [2.24, 2.45) is 4.99 Å². The van der Waals surface area contributed by atoms with Crippen LogP contribution in [0.2, 0.25) is 5.02 Å². The topological polar surface area (TPSA) is 77.4 Å². The molecule has 0 saturated carbocycles. The second-order valence-corrected chi connectivity index (χ2v) is 7.53. The van der Waals surface area contributed by atoms with Gasteiger partial charge in [0.1, 0.15) is 16.4 Å². The molecule has 29 heavy (non-hydrogen) atoms. The summed E-state index contributed by atoms with van der Waals surface area (Å²) in [5, 5.41) is 11.6. The molecule has 0 radical (unpaired) electrons. The van der Waals surface area contributed by atoms with Gasteiger partial charge in [0.2, 0.25) is 6.79 Å². The number of carbonyl (C=O) groups is 1. The fourth-order valence-corrected chi connectivity index (χ4v) is 4.03. The average molecular weight is 430 g/mol. The Morgan fingerprint density at radius 1 is 1.28 bits per heavy atom. The number of nitrogens with zero attached hydrogens (tertiary/aromatic N) is 1. The van der Waals surface area contributed by atoms with Crippen molar-refractivity contribution in [3.05, 3.63) is 69.3 Å². The van der Waals surface area contributed by atoms with E-state index >= 15 is 0 Å². The number of rotatable bonds is 4. The molecule has 0 atom stereocenters. The van der Waals surface area contributed by atoms with Gasteiger partial charge in [0.25, 0.3) is 0 Å². The van der Waals surface area contributed by atoms with Gasteiger partial charge in [-0.2, -0.15) is 0 Å². The van der Waals surface area contributed by atoms with Crippen LogP contribution in [0.15, 0.2) is 63.7 Å². The number of aliphatic hydroxyl groups is 1. The van der Waals surface area contributed by atoms with Gasteiger partial charge < -0.3 is 19.3 Å². The molecule has 6 nitrogen and oxygen atoms in total. The standard InChI is InChI=1S/C21H16ClNO5S/c1-2-26-21(25)18-19(24)17(9-12-6-7-15-16(8-12)28-11-27-15)29-20(18)23-14-5-3-4-13(22)10-14/h3-10,24H,2,11H2,1H3. The first-order valence-electron chi connectivity index (χ1n) is 8.79. The summed E-state index contributed by atoms with van der Waals surface area (Å²) in [7, 11) is 0. The fraction of sp³-hybridized carbons (Fsp3) is 0.143. The summed E-state index contributed by atoms with van der Waals surface area (Å²) in [5.74, 6) is 0.491. The Kier molecular flexibility index (Phi) is 5.51. The van der Waals surface area contributed by atoms with Gasteiger partial charge in [0, 0.05) is 5.02 Å². The zero-order chi connectivity index (χ0) is 20.4. The minimum Gasteiger partial charge on any atom is -0.506 e. The normalized spacial score (nSPS) is 18.0. The minimum absolute atomic E-state index is 0.0313. The number of thioether (sulfide) groups is 1. The summed E-state index contributed by atoms with van der Waals surface area (Å²) < 4.78 is 15.8. The summed E-state index contributed by atoms with van der Waals surface area (Å²) in [5.41, 5.74) is 1.39. The van der Waals surface area contributed by atoms with Crippen LogP contribution in [0.5, 0.6) is 11.5 Å². The lowest BCUT2D eigenvalue weighted by Crippen LogP contribution is -2.12. The highest BCUT2D eigenvalue weighted by Gasteiger charge is 2.33. The third-order valence-corrected chi connectivity index (χ3v) is 5.36. The Bertz CT molecular complexity index is 1080. The van der Waals surface area contributed by atoms with Gasteiger partial charge in [-0.15, -0.1) is 0 Å². The van der Waals surface area contributed by atoms with Crippen LogP contribution in [0.3, 0.4) is 0 Å². The first-order valence-corrected chi connectivity index (χ1v) is 9.99. The summed E-state index contributed by atoms with van der Waals surface area (Å²) in [6, 6.07) is 12.4. The van der Waals surface area contributed by atoms with Gasteiger partial charge in [-0.3, -0.25) is 0 Å². The van der Waals surface area contributed by atoms with Gasteiger partial charge in [0.05, 0.1) is 17.2 Å². The van der Waals surface area contributed by atoms with Gasteiger partial charge in [-0.25, -0.2) is 9.79 Å². The maximum Gasteiger partial charge on any atom is 0.344 e. The van der Waals surface area contributed by atoms with Crippen LogP contribution < -0.4 is 9.47 Å². The maximum absolute atomic E-state index is 12.5. The van der Waals surface area contributed by atoms with Gasteiger partial charge >= 0.3 is 5.97 Å². The van der Waals surface area contributed by atoms with Crippen LogP contribution >= 0.6 is 23.4 Å². The number of benzene rings is 2. The number of halogens is 1. The summed E-state index contributed by atoms with van der Waals surface area (Å²) in [4.78, 5) is 17.4. The summed E-state index contributed by atoms with van der Waals surface area (Å²) in [6.07, 6.45) is 1.75. The Morgan fingerprint density at radius 2 is 2.10 bits per heavy atom. The molecule has 148 valence electrons. The number of aliphatic imine (C=N–C) groups is 1. The van der Waals surface area contributed by atoms with E-state index < -0.39 is 5.97 Å². The Balaban J connectivity index is 1.73. The number of ether oxygens (including phenoxy) is 3. The van der Waals surface area contributed by atoms with Gasteiger partial charge in [0.15, 0.2) is 11.5 Å². The first kappa shape index (κ1) is 19.4. The average Bonchev–Trinajstić information content (AvgIpc) is 3.26. The van der Waals surface area contributed by atoms with E-state index in [4.69, 9.17) is 25.8 Å². The molecule has 8 heteroatoms. The Labute approximate surface area is 176 Å². The molecule has 1 N–H and O–H groups in total. The molecule has 0 aliphatic carbocycles. The molecule has 2 heterocycles. The van der Waals surface area contributed by atoms with E-state index in [1.165, 1.54) is 11.8 Å². The fourth-order valence-electron chi connectivity index (χ4n) is 2.81. The predicted octanol–water partition coefficient (Wildman–Crippen LogP) is 5.26. The molecule has 0 unspecified atom stereocenters. The first-order chi connectivity index (χ1) is 14.0. The highest BCUT2D eigenvalue weighted by molar-refractivity contribution is 8.18. The van der Waals surface area contributed by atoms with Crippen LogP contribution in [0, 0.1) is 0 Å². The van der Waals surface area contributed by atoms with E-state index in [-0.39, 0.29) is 24.7 Å². The summed E-state index contributed by atoms with van der Waals surface area (Å²) in [6.45, 7) is 2.07. The SMILES string of the molecule is CCOC(=O)C1=C(O)C(=Cc2ccc3c(c2)OCO3)SC1=Nc1cccc(Cl)c1. The lowest BCUT2D eigenvalue weighted by molar-refractivity contribution is -0.138. The third kappa shape index (κ3) is 4.11. The lowest BCUT2D eigenvalue weighted by Gasteiger charge is -2.04. The molecule has 0 aromatic heterocycles. The van der Waals surface area contributed by atoms with E-state index in [0.717, 1.165) is 5.56 Å². The predicted molar refractivity (Wildman–Crippen MR) is 113 cm³/mol. The molecule has 2 aliphatic rings. The molecule has 0 bridgehead atoms. The van der Waals surface area contributed by atoms with Crippen LogP contribution in [0.1, 0.15) is 12.5 Å². The second kappa shape index (κ2) is 8.23. The van der Waals surface area contributed by atoms with Gasteiger partial charge in [-0.1, -0.05) is 35.5 Å². The van der Waals surface area contributed by atoms with E-state index in [1.807, 2.05) is 6.07 Å². The lowest BCUT2D eigenvalue weighted by atomic mass is 10.1. The smallest absolute Gasteiger partial charge is 0.344 e. The van der Waals surface area contributed by atoms with Crippen molar-refractivity contribution in [1.82, 2.24) is 0 Å². The van der Waals surface area contributed by atoms with Crippen molar-refractivity contribution in [3.8, 4) is 11.5 Å². The zero-order valence-electron chi connectivity index (χ0n) is 15.3. The second-order valence-electron chi connectivity index (χ2n) is 6.06. The van der Waals surface area contributed by atoms with E-state index in [1.54, 1.807) is 49.4 Å². The highest BCUT2D eigenvalue weighted by Crippen LogP contribution is 2.41. The largest absolute Gasteiger partial charge is 0.506 e. The quantitative estimate of drug-likeness (QED) is 0.668. The molecule has 4 rings (SSSR count). The minimum atomic E-state index is -0.632. The monoisotopic (exact) mass is 429 g/mol. The third-order valence-electron chi connectivity index (χ3n) is 4.10. The van der Waals surface area contributed by atoms with Crippen molar-refractivity contribution in [2.75, 3.05) is 13.4 Å². The Morgan fingerprint density at radius 3 is 2.90 bits per heavy atom. The van der Waals surface area contributed by atoms with Crippen molar-refractivity contribution in [3.63, 3.8) is 0 Å². The number of hydrogen-bond acceptors (Lipinski definition) is 7. The molecular weight excluding hydrogens is 414 g/mol. The van der Waals surface area contributed by atoms with E-state index in [0.29, 0.717) is 32.2 Å². The van der Waals surface area contributed by atoms with Crippen molar-refractivity contribution >= 4 is 46.1 Å². The van der Waals surface area contributed by atoms with Gasteiger partial charge in [-0.05, 0) is 48.9 Å². The van der Waals surface area contributed by atoms with Crippen molar-refractivity contribution < 1.29 is 24.1 Å². The summed E-state index contributed by atoms with van der Waals surface area (Å²) >= 11 is 7.21. The number of esters is 1. The van der Waals surface area contributed by atoms with Crippen LogP contribution in [-0.4, -0.2) is 29.5 Å². The highest BCUT2D eigenvalue weighted by atomic mass is 35.5. The van der Waals surface area contributed by atoms with Crippen molar-refractivity contribution in [1.29, 1.82) is 0 Å². The number of hydrogen-bond donors (Lipinski definition) is 1. The maximum atomic E-state index is 12.5. The molecule has 0 spiro atoms. The number of fused-ring (bicyclic) bond motifs is 1. The number of carbonyl (C=O) groups excluding carboxylic acids is 1. The molecule has 2 aliphatic heterocycles. The van der Waals surface area contributed by atoms with Crippen molar-refractivity contribution in [2.45, 2.75) is 6.92 Å². The van der Waals surface area contributed by atoms with Crippen LogP contribution in [0.25, 0.3) is 6.08 Å². The molecule has 2 aromatic carbocycles. The Hall–Kier alpha value is -2.90. The van der Waals surface area contributed by atoms with Crippen LogP contribution in [-0.2, 0) is 9.53 Å². The molecular formula is C21H16ClNO5S. The van der Waals surface area contributed by atoms with E-state index in [9.17, 15) is 9.90 Å². The van der Waals surface area contributed by atoms with Crippen LogP contribution in [0.4, 0.5) is 5.69 Å². The zero-order valence-corrected chi connectivity index (χ0v) is 16.9. The molecule has 0 fully saturated rings. The number of aliphatic hydroxyl groups excluding tert-OH is 1.